The lowest BCUT2D eigenvalue weighted by Crippen LogP contribution is -2.44. The Morgan fingerprint density at radius 2 is 2.29 bits per heavy atom. The molecule has 1 heterocycles. The summed E-state index contributed by atoms with van der Waals surface area (Å²) in [6.07, 6.45) is 0.642. The molecule has 116 valence electrons. The standard InChI is InChI=1S/C14H20BrN3O2S/c1-2-16-14(18-13-6-7-21(19,20)10-13)17-9-11-4-3-5-12(15)8-11/h3-5,8,13H,2,6-7,9-10H2,1H3,(H2,16,17,18). The zero-order valence-corrected chi connectivity index (χ0v) is 14.4. The van der Waals surface area contributed by atoms with Gasteiger partial charge in [-0.3, -0.25) is 0 Å². The van der Waals surface area contributed by atoms with Gasteiger partial charge in [0.25, 0.3) is 0 Å². The largest absolute Gasteiger partial charge is 0.357 e. The van der Waals surface area contributed by atoms with Crippen LogP contribution in [0.1, 0.15) is 18.9 Å². The second kappa shape index (κ2) is 7.26. The van der Waals surface area contributed by atoms with E-state index < -0.39 is 9.84 Å². The van der Waals surface area contributed by atoms with Crippen molar-refractivity contribution in [2.75, 3.05) is 18.1 Å². The zero-order chi connectivity index (χ0) is 15.3. The maximum atomic E-state index is 11.5. The Morgan fingerprint density at radius 1 is 1.48 bits per heavy atom. The average molecular weight is 374 g/mol. The number of hydrogen-bond donors (Lipinski definition) is 2. The summed E-state index contributed by atoms with van der Waals surface area (Å²) in [7, 11) is -2.88. The third kappa shape index (κ3) is 5.32. The Morgan fingerprint density at radius 3 is 2.90 bits per heavy atom. The molecule has 1 saturated heterocycles. The molecular weight excluding hydrogens is 354 g/mol. The van der Waals surface area contributed by atoms with Gasteiger partial charge in [0.2, 0.25) is 0 Å². The molecule has 1 unspecified atom stereocenters. The van der Waals surface area contributed by atoms with Gasteiger partial charge in [-0.2, -0.15) is 0 Å². The Balaban J connectivity index is 1.99. The molecule has 0 amide bonds. The number of halogens is 1. The molecule has 1 aromatic rings. The van der Waals surface area contributed by atoms with E-state index in [1.54, 1.807) is 0 Å². The first-order valence-corrected chi connectivity index (χ1v) is 9.59. The van der Waals surface area contributed by atoms with Crippen LogP contribution >= 0.6 is 15.9 Å². The fourth-order valence-electron chi connectivity index (χ4n) is 2.23. The maximum Gasteiger partial charge on any atom is 0.191 e. The lowest BCUT2D eigenvalue weighted by molar-refractivity contribution is 0.599. The highest BCUT2D eigenvalue weighted by atomic mass is 79.9. The molecule has 1 aliphatic heterocycles. The Labute approximate surface area is 134 Å². The molecule has 0 bridgehead atoms. The smallest absolute Gasteiger partial charge is 0.191 e. The summed E-state index contributed by atoms with van der Waals surface area (Å²) in [5.41, 5.74) is 1.10. The molecule has 7 heteroatoms. The highest BCUT2D eigenvalue weighted by Gasteiger charge is 2.28. The predicted octanol–water partition coefficient (Wildman–Crippen LogP) is 1.69. The number of sulfone groups is 1. The molecule has 1 fully saturated rings. The van der Waals surface area contributed by atoms with Gasteiger partial charge < -0.3 is 10.6 Å². The van der Waals surface area contributed by atoms with Gasteiger partial charge in [-0.05, 0) is 31.0 Å². The summed E-state index contributed by atoms with van der Waals surface area (Å²) in [4.78, 5) is 4.51. The molecule has 1 aliphatic rings. The SMILES string of the molecule is CCNC(=NCc1cccc(Br)c1)NC1CCS(=O)(=O)C1. The van der Waals surface area contributed by atoms with Crippen LogP contribution in [0.3, 0.4) is 0 Å². The number of guanidine groups is 1. The Kier molecular flexibility index (Phi) is 5.64. The third-order valence-corrected chi connectivity index (χ3v) is 5.49. The van der Waals surface area contributed by atoms with Crippen molar-refractivity contribution in [2.45, 2.75) is 25.9 Å². The van der Waals surface area contributed by atoms with Crippen LogP contribution in [0.2, 0.25) is 0 Å². The maximum absolute atomic E-state index is 11.5. The van der Waals surface area contributed by atoms with E-state index in [1.807, 2.05) is 31.2 Å². The van der Waals surface area contributed by atoms with Gasteiger partial charge in [-0.15, -0.1) is 0 Å². The van der Waals surface area contributed by atoms with E-state index in [9.17, 15) is 8.42 Å². The lowest BCUT2D eigenvalue weighted by Gasteiger charge is -2.15. The second-order valence-electron chi connectivity index (χ2n) is 5.07. The quantitative estimate of drug-likeness (QED) is 0.622. The topological polar surface area (TPSA) is 70.6 Å². The summed E-state index contributed by atoms with van der Waals surface area (Å²) >= 11 is 3.44. The Bertz CT molecular complexity index is 616. The number of benzene rings is 1. The molecule has 0 aliphatic carbocycles. The van der Waals surface area contributed by atoms with Crippen LogP contribution in [-0.2, 0) is 16.4 Å². The highest BCUT2D eigenvalue weighted by Crippen LogP contribution is 2.13. The Hall–Kier alpha value is -1.08. The fraction of sp³-hybridized carbons (Fsp3) is 0.500. The van der Waals surface area contributed by atoms with Crippen molar-refractivity contribution in [3.63, 3.8) is 0 Å². The van der Waals surface area contributed by atoms with Crippen LogP contribution in [-0.4, -0.2) is 38.5 Å². The van der Waals surface area contributed by atoms with E-state index in [1.165, 1.54) is 0 Å². The second-order valence-corrected chi connectivity index (χ2v) is 8.21. The van der Waals surface area contributed by atoms with Crippen LogP contribution in [0.15, 0.2) is 33.7 Å². The molecule has 2 rings (SSSR count). The summed E-state index contributed by atoms with van der Waals surface area (Å²) in [6.45, 7) is 3.28. The van der Waals surface area contributed by atoms with Crippen molar-refractivity contribution < 1.29 is 8.42 Å². The van der Waals surface area contributed by atoms with Crippen LogP contribution in [0.25, 0.3) is 0 Å². The molecule has 0 saturated carbocycles. The van der Waals surface area contributed by atoms with E-state index in [-0.39, 0.29) is 17.5 Å². The number of nitrogens with one attached hydrogen (secondary N) is 2. The van der Waals surface area contributed by atoms with Crippen molar-refractivity contribution in [2.24, 2.45) is 4.99 Å². The van der Waals surface area contributed by atoms with Crippen LogP contribution in [0, 0.1) is 0 Å². The van der Waals surface area contributed by atoms with Gasteiger partial charge in [-0.1, -0.05) is 28.1 Å². The number of aliphatic imine (C=N–C) groups is 1. The molecule has 21 heavy (non-hydrogen) atoms. The van der Waals surface area contributed by atoms with Crippen LogP contribution in [0.5, 0.6) is 0 Å². The molecular formula is C14H20BrN3O2S. The minimum atomic E-state index is -2.88. The summed E-state index contributed by atoms with van der Waals surface area (Å²) in [6, 6.07) is 7.93. The van der Waals surface area contributed by atoms with Gasteiger partial charge >= 0.3 is 0 Å². The number of rotatable bonds is 4. The normalized spacial score (nSPS) is 21.2. The summed E-state index contributed by atoms with van der Waals surface area (Å²) in [5.74, 6) is 1.11. The van der Waals surface area contributed by atoms with E-state index in [0.717, 1.165) is 16.6 Å². The molecule has 0 aromatic heterocycles. The van der Waals surface area contributed by atoms with Crippen LogP contribution in [0.4, 0.5) is 0 Å². The molecule has 5 nitrogen and oxygen atoms in total. The third-order valence-electron chi connectivity index (χ3n) is 3.23. The van der Waals surface area contributed by atoms with Crippen molar-refractivity contribution in [1.29, 1.82) is 0 Å². The molecule has 1 atom stereocenters. The van der Waals surface area contributed by atoms with E-state index in [0.29, 0.717) is 18.9 Å². The molecule has 0 spiro atoms. The molecule has 1 aromatic carbocycles. The summed E-state index contributed by atoms with van der Waals surface area (Å²) < 4.78 is 24.0. The van der Waals surface area contributed by atoms with E-state index in [4.69, 9.17) is 0 Å². The first kappa shape index (κ1) is 16.3. The van der Waals surface area contributed by atoms with Crippen molar-refractivity contribution in [1.82, 2.24) is 10.6 Å². The van der Waals surface area contributed by atoms with Gasteiger partial charge in [0.1, 0.15) is 0 Å². The predicted molar refractivity (Wildman–Crippen MR) is 89.2 cm³/mol. The number of nitrogens with zero attached hydrogens (tertiary/aromatic N) is 1. The van der Waals surface area contributed by atoms with E-state index in [2.05, 4.69) is 31.6 Å². The first-order valence-electron chi connectivity index (χ1n) is 6.98. The molecule has 0 radical (unpaired) electrons. The zero-order valence-electron chi connectivity index (χ0n) is 12.0. The number of hydrogen-bond acceptors (Lipinski definition) is 3. The first-order chi connectivity index (χ1) is 9.98. The minimum Gasteiger partial charge on any atom is -0.357 e. The monoisotopic (exact) mass is 373 g/mol. The van der Waals surface area contributed by atoms with Crippen molar-refractivity contribution in [3.8, 4) is 0 Å². The van der Waals surface area contributed by atoms with Gasteiger partial charge in [-0.25, -0.2) is 13.4 Å². The van der Waals surface area contributed by atoms with Gasteiger partial charge in [0.15, 0.2) is 15.8 Å². The highest BCUT2D eigenvalue weighted by molar-refractivity contribution is 9.10. The van der Waals surface area contributed by atoms with E-state index >= 15 is 0 Å². The minimum absolute atomic E-state index is 0.0460. The lowest BCUT2D eigenvalue weighted by atomic mass is 10.2. The average Bonchev–Trinajstić information content (AvgIpc) is 2.76. The van der Waals surface area contributed by atoms with Gasteiger partial charge in [0, 0.05) is 17.1 Å². The summed E-state index contributed by atoms with van der Waals surface area (Å²) in [5, 5.41) is 6.36. The van der Waals surface area contributed by atoms with Crippen molar-refractivity contribution in [3.05, 3.63) is 34.3 Å². The molecule has 2 N–H and O–H groups in total. The fourth-order valence-corrected chi connectivity index (χ4v) is 4.35. The van der Waals surface area contributed by atoms with Crippen molar-refractivity contribution >= 4 is 31.7 Å². The van der Waals surface area contributed by atoms with Gasteiger partial charge in [0.05, 0.1) is 18.1 Å². The van der Waals surface area contributed by atoms with Crippen LogP contribution < -0.4 is 10.6 Å².